The largest absolute Gasteiger partial charge is 0.481 e. The van der Waals surface area contributed by atoms with Crippen LogP contribution in [0.2, 0.25) is 0 Å². The Morgan fingerprint density at radius 2 is 1.95 bits per heavy atom. The van der Waals surface area contributed by atoms with Gasteiger partial charge in [0.15, 0.2) is 0 Å². The molecule has 1 amide bonds. The summed E-state index contributed by atoms with van der Waals surface area (Å²) in [5.74, 6) is -1.49. The molecule has 0 atom stereocenters. The Bertz CT molecular complexity index is 339. The first-order valence-electron chi connectivity index (χ1n) is 5.90. The molecular formula is C11H16F3NO4. The van der Waals surface area contributed by atoms with Gasteiger partial charge in [-0.3, -0.25) is 9.59 Å². The van der Waals surface area contributed by atoms with E-state index in [1.807, 2.05) is 0 Å². The number of hydrogen-bond acceptors (Lipinski definition) is 3. The second kappa shape index (κ2) is 6.23. The lowest BCUT2D eigenvalue weighted by Crippen LogP contribution is -2.54. The summed E-state index contributed by atoms with van der Waals surface area (Å²) < 4.78 is 39.6. The zero-order chi connectivity index (χ0) is 14.5. The molecule has 0 aromatic heterocycles. The lowest BCUT2D eigenvalue weighted by molar-refractivity contribution is -0.174. The van der Waals surface area contributed by atoms with Crippen LogP contribution in [-0.2, 0) is 14.3 Å². The number of rotatable bonds is 7. The average molecular weight is 283 g/mol. The van der Waals surface area contributed by atoms with E-state index in [1.54, 1.807) is 0 Å². The highest BCUT2D eigenvalue weighted by atomic mass is 19.4. The maximum absolute atomic E-state index is 11.8. The van der Waals surface area contributed by atoms with Gasteiger partial charge in [-0.1, -0.05) is 0 Å². The molecule has 0 heterocycles. The third-order valence-corrected chi connectivity index (χ3v) is 2.94. The summed E-state index contributed by atoms with van der Waals surface area (Å²) in [6.45, 7) is -1.73. The molecule has 1 saturated carbocycles. The molecule has 0 aromatic carbocycles. The molecule has 0 saturated heterocycles. The molecule has 110 valence electrons. The van der Waals surface area contributed by atoms with Gasteiger partial charge in [0.25, 0.3) is 0 Å². The highest BCUT2D eigenvalue weighted by Gasteiger charge is 2.40. The van der Waals surface area contributed by atoms with Gasteiger partial charge in [-0.25, -0.2) is 0 Å². The number of ether oxygens (including phenoxy) is 1. The molecule has 19 heavy (non-hydrogen) atoms. The normalized spacial score (nSPS) is 17.6. The minimum Gasteiger partial charge on any atom is -0.481 e. The van der Waals surface area contributed by atoms with Crippen molar-refractivity contribution in [1.29, 1.82) is 0 Å². The first-order valence-corrected chi connectivity index (χ1v) is 5.90. The number of carboxylic acid groups (broad SMARTS) is 1. The number of hydrogen-bond donors (Lipinski definition) is 2. The molecule has 0 aromatic rings. The number of nitrogens with one attached hydrogen (secondary N) is 1. The molecule has 0 bridgehead atoms. The number of alkyl halides is 3. The molecule has 1 rings (SSSR count). The van der Waals surface area contributed by atoms with Gasteiger partial charge in [0.1, 0.15) is 6.61 Å². The fourth-order valence-electron chi connectivity index (χ4n) is 1.95. The quantitative estimate of drug-likeness (QED) is 0.694. The summed E-state index contributed by atoms with van der Waals surface area (Å²) in [5, 5.41) is 11.3. The monoisotopic (exact) mass is 283 g/mol. The number of aliphatic carboxylic acids is 1. The van der Waals surface area contributed by atoms with E-state index in [9.17, 15) is 22.8 Å². The highest BCUT2D eigenvalue weighted by Crippen LogP contribution is 2.34. The van der Waals surface area contributed by atoms with Gasteiger partial charge in [-0.05, 0) is 19.3 Å². The van der Waals surface area contributed by atoms with Crippen molar-refractivity contribution in [2.24, 2.45) is 0 Å². The van der Waals surface area contributed by atoms with E-state index in [-0.39, 0.29) is 19.4 Å². The van der Waals surface area contributed by atoms with Crippen molar-refractivity contribution in [3.63, 3.8) is 0 Å². The van der Waals surface area contributed by atoms with Gasteiger partial charge in [0.05, 0.1) is 18.6 Å². The van der Waals surface area contributed by atoms with E-state index in [2.05, 4.69) is 10.1 Å². The van der Waals surface area contributed by atoms with Gasteiger partial charge < -0.3 is 15.2 Å². The summed E-state index contributed by atoms with van der Waals surface area (Å²) >= 11 is 0. The fraction of sp³-hybridized carbons (Fsp3) is 0.818. The molecule has 0 aliphatic heterocycles. The van der Waals surface area contributed by atoms with Crippen LogP contribution in [0.5, 0.6) is 0 Å². The van der Waals surface area contributed by atoms with Gasteiger partial charge in [-0.2, -0.15) is 13.2 Å². The Morgan fingerprint density at radius 1 is 1.32 bits per heavy atom. The number of carboxylic acids is 1. The second-order valence-corrected chi connectivity index (χ2v) is 4.67. The van der Waals surface area contributed by atoms with Crippen molar-refractivity contribution in [1.82, 2.24) is 5.32 Å². The molecule has 0 radical (unpaired) electrons. The smallest absolute Gasteiger partial charge is 0.411 e. The third kappa shape index (κ3) is 5.91. The second-order valence-electron chi connectivity index (χ2n) is 4.67. The Morgan fingerprint density at radius 3 is 2.37 bits per heavy atom. The first-order chi connectivity index (χ1) is 8.72. The molecule has 8 heteroatoms. The first kappa shape index (κ1) is 15.7. The van der Waals surface area contributed by atoms with E-state index >= 15 is 0 Å². The van der Waals surface area contributed by atoms with Crippen LogP contribution in [0.1, 0.15) is 32.1 Å². The van der Waals surface area contributed by atoms with Crippen LogP contribution in [0.3, 0.4) is 0 Å². The van der Waals surface area contributed by atoms with Crippen LogP contribution in [0.15, 0.2) is 0 Å². The summed E-state index contributed by atoms with van der Waals surface area (Å²) in [5.41, 5.74) is -0.729. The lowest BCUT2D eigenvalue weighted by atomic mass is 9.74. The van der Waals surface area contributed by atoms with Crippen LogP contribution >= 0.6 is 0 Å². The molecule has 0 spiro atoms. The summed E-state index contributed by atoms with van der Waals surface area (Å²) in [6, 6.07) is 0. The van der Waals surface area contributed by atoms with Crippen molar-refractivity contribution < 1.29 is 32.6 Å². The maximum atomic E-state index is 11.8. The van der Waals surface area contributed by atoms with Crippen molar-refractivity contribution in [2.75, 3.05) is 13.2 Å². The van der Waals surface area contributed by atoms with Gasteiger partial charge in [-0.15, -0.1) is 0 Å². The Labute approximate surface area is 108 Å². The van der Waals surface area contributed by atoms with Crippen LogP contribution in [0, 0.1) is 0 Å². The minimum absolute atomic E-state index is 0.165. The summed E-state index contributed by atoms with van der Waals surface area (Å²) in [6.07, 6.45) is -2.80. The number of carbonyl (C=O) groups is 2. The van der Waals surface area contributed by atoms with E-state index < -0.39 is 30.2 Å². The maximum Gasteiger partial charge on any atom is 0.411 e. The number of halogens is 3. The summed E-state index contributed by atoms with van der Waals surface area (Å²) in [4.78, 5) is 22.2. The highest BCUT2D eigenvalue weighted by molar-refractivity contribution is 5.78. The van der Waals surface area contributed by atoms with Crippen LogP contribution in [0.25, 0.3) is 0 Å². The Hall–Kier alpha value is -1.31. The van der Waals surface area contributed by atoms with E-state index in [0.717, 1.165) is 6.42 Å². The number of amides is 1. The van der Waals surface area contributed by atoms with Crippen molar-refractivity contribution >= 4 is 11.9 Å². The van der Waals surface area contributed by atoms with Gasteiger partial charge >= 0.3 is 12.1 Å². The van der Waals surface area contributed by atoms with Gasteiger partial charge in [0.2, 0.25) is 5.91 Å². The fourth-order valence-corrected chi connectivity index (χ4v) is 1.95. The lowest BCUT2D eigenvalue weighted by Gasteiger charge is -2.41. The average Bonchev–Trinajstić information content (AvgIpc) is 2.19. The minimum atomic E-state index is -4.41. The van der Waals surface area contributed by atoms with Crippen molar-refractivity contribution in [3.05, 3.63) is 0 Å². The predicted molar refractivity (Wildman–Crippen MR) is 58.5 cm³/mol. The van der Waals surface area contributed by atoms with E-state index in [4.69, 9.17) is 5.11 Å². The zero-order valence-electron chi connectivity index (χ0n) is 10.3. The molecular weight excluding hydrogens is 267 g/mol. The Kier molecular flexibility index (Phi) is 5.16. The van der Waals surface area contributed by atoms with Crippen molar-refractivity contribution in [2.45, 2.75) is 43.8 Å². The molecule has 0 unspecified atom stereocenters. The van der Waals surface area contributed by atoms with E-state index in [1.165, 1.54) is 0 Å². The van der Waals surface area contributed by atoms with Crippen molar-refractivity contribution in [3.8, 4) is 0 Å². The van der Waals surface area contributed by atoms with Crippen LogP contribution in [0.4, 0.5) is 13.2 Å². The topological polar surface area (TPSA) is 75.6 Å². The zero-order valence-corrected chi connectivity index (χ0v) is 10.3. The molecule has 1 fully saturated rings. The van der Waals surface area contributed by atoms with Crippen LogP contribution < -0.4 is 5.32 Å². The third-order valence-electron chi connectivity index (χ3n) is 2.94. The predicted octanol–water partition coefficient (Wildman–Crippen LogP) is 1.47. The standard InChI is InChI=1S/C11H16F3NO4/c12-11(13,14)7-19-5-2-8(16)15-10(3-1-4-10)6-9(17)18/h1-7H2,(H,15,16)(H,17,18). The molecule has 1 aliphatic rings. The van der Waals surface area contributed by atoms with Gasteiger partial charge in [0, 0.05) is 6.42 Å². The Balaban J connectivity index is 2.25. The SMILES string of the molecule is O=C(O)CC1(NC(=O)CCOCC(F)(F)F)CCC1. The molecule has 1 aliphatic carbocycles. The van der Waals surface area contributed by atoms with E-state index in [0.29, 0.717) is 12.8 Å². The summed E-state index contributed by atoms with van der Waals surface area (Å²) in [7, 11) is 0. The molecule has 5 nitrogen and oxygen atoms in total. The van der Waals surface area contributed by atoms with Crippen LogP contribution in [-0.4, -0.2) is 41.9 Å². The number of carbonyl (C=O) groups excluding carboxylic acids is 1. The molecule has 2 N–H and O–H groups in total.